The van der Waals surface area contributed by atoms with Crippen LogP contribution in [0.15, 0.2) is 237 Å². The molecule has 11 aromatic carbocycles. The summed E-state index contributed by atoms with van der Waals surface area (Å²) in [5, 5.41) is 10.1. The van der Waals surface area contributed by atoms with Crippen LogP contribution in [0, 0.1) is 0 Å². The average molecular weight is 750 g/mol. The molecule has 276 valence electrons. The lowest BCUT2D eigenvalue weighted by Gasteiger charge is -2.28. The van der Waals surface area contributed by atoms with Gasteiger partial charge in [-0.1, -0.05) is 200 Å². The normalized spacial score (nSPS) is 11.4. The Bertz CT molecular complexity index is 3280. The van der Waals surface area contributed by atoms with Crippen molar-refractivity contribution in [1.29, 1.82) is 0 Å². The Hall–Kier alpha value is -7.74. The lowest BCUT2D eigenvalue weighted by molar-refractivity contribution is 1.28. The Kier molecular flexibility index (Phi) is 8.56. The molecule has 0 heterocycles. The number of hydrogen-bond donors (Lipinski definition) is 0. The molecular formula is C58H39N. The Morgan fingerprint density at radius 1 is 0.220 bits per heavy atom. The van der Waals surface area contributed by atoms with Crippen molar-refractivity contribution in [3.05, 3.63) is 237 Å². The zero-order valence-electron chi connectivity index (χ0n) is 32.5. The lowest BCUT2D eigenvalue weighted by Crippen LogP contribution is -2.11. The molecule has 0 amide bonds. The first-order chi connectivity index (χ1) is 29.3. The third-order valence-corrected chi connectivity index (χ3v) is 11.9. The molecule has 11 rings (SSSR count). The van der Waals surface area contributed by atoms with Gasteiger partial charge in [0.25, 0.3) is 0 Å². The zero-order chi connectivity index (χ0) is 39.1. The third-order valence-electron chi connectivity index (χ3n) is 11.9. The monoisotopic (exact) mass is 749 g/mol. The first kappa shape index (κ1) is 34.5. The van der Waals surface area contributed by atoms with E-state index in [0.29, 0.717) is 0 Å². The van der Waals surface area contributed by atoms with Crippen LogP contribution in [0.4, 0.5) is 17.1 Å². The van der Waals surface area contributed by atoms with E-state index >= 15 is 0 Å². The molecule has 0 bridgehead atoms. The summed E-state index contributed by atoms with van der Waals surface area (Å²) in [5.41, 5.74) is 12.9. The van der Waals surface area contributed by atoms with Gasteiger partial charge in [0, 0.05) is 16.9 Å². The predicted molar refractivity (Wildman–Crippen MR) is 253 cm³/mol. The van der Waals surface area contributed by atoms with Gasteiger partial charge in [0.15, 0.2) is 0 Å². The van der Waals surface area contributed by atoms with Gasteiger partial charge in [0.2, 0.25) is 0 Å². The van der Waals surface area contributed by atoms with E-state index in [4.69, 9.17) is 0 Å². The number of nitrogens with zero attached hydrogens (tertiary/aromatic N) is 1. The molecule has 0 aromatic heterocycles. The van der Waals surface area contributed by atoms with Gasteiger partial charge in [0.1, 0.15) is 0 Å². The van der Waals surface area contributed by atoms with Gasteiger partial charge in [0.05, 0.1) is 5.69 Å². The second kappa shape index (κ2) is 14.6. The summed E-state index contributed by atoms with van der Waals surface area (Å²) in [6, 6.07) is 86.2. The number of para-hydroxylation sites is 1. The summed E-state index contributed by atoms with van der Waals surface area (Å²) in [7, 11) is 0. The molecule has 0 fully saturated rings. The molecule has 1 nitrogen and oxygen atoms in total. The first-order valence-corrected chi connectivity index (χ1v) is 20.3. The van der Waals surface area contributed by atoms with Gasteiger partial charge in [-0.2, -0.15) is 0 Å². The fraction of sp³-hybridized carbons (Fsp3) is 0. The van der Waals surface area contributed by atoms with Crippen molar-refractivity contribution in [2.24, 2.45) is 0 Å². The number of anilines is 3. The molecule has 1 heteroatoms. The molecule has 0 atom stereocenters. The molecule has 0 aliphatic heterocycles. The van der Waals surface area contributed by atoms with Crippen molar-refractivity contribution in [3.8, 4) is 44.5 Å². The summed E-state index contributed by atoms with van der Waals surface area (Å²) in [6.07, 6.45) is 0. The van der Waals surface area contributed by atoms with Crippen molar-refractivity contribution in [1.82, 2.24) is 0 Å². The maximum Gasteiger partial charge on any atom is 0.0540 e. The van der Waals surface area contributed by atoms with Crippen LogP contribution in [-0.2, 0) is 0 Å². The molecule has 0 spiro atoms. The van der Waals surface area contributed by atoms with E-state index in [1.807, 2.05) is 0 Å². The van der Waals surface area contributed by atoms with E-state index in [-0.39, 0.29) is 0 Å². The summed E-state index contributed by atoms with van der Waals surface area (Å²) in [4.78, 5) is 2.41. The smallest absolute Gasteiger partial charge is 0.0540 e. The van der Waals surface area contributed by atoms with Crippen molar-refractivity contribution in [3.63, 3.8) is 0 Å². The SMILES string of the molecule is c1ccc(-c2ccc(-c3ccccc3N(c3ccc(-c4cccc5ccccc45)cc3)c3ccc(-c4cc5c6ccccc6ccc5c5ccccc45)cc3)cc2)cc1. The van der Waals surface area contributed by atoms with Crippen LogP contribution in [0.3, 0.4) is 0 Å². The minimum Gasteiger partial charge on any atom is -0.310 e. The Balaban J connectivity index is 1.05. The molecule has 0 unspecified atom stereocenters. The van der Waals surface area contributed by atoms with E-state index in [0.717, 1.165) is 17.1 Å². The summed E-state index contributed by atoms with van der Waals surface area (Å²) >= 11 is 0. The quantitative estimate of drug-likeness (QED) is 0.147. The number of rotatable bonds is 7. The summed E-state index contributed by atoms with van der Waals surface area (Å²) < 4.78 is 0. The minimum atomic E-state index is 1.09. The van der Waals surface area contributed by atoms with Crippen LogP contribution in [0.25, 0.3) is 87.6 Å². The van der Waals surface area contributed by atoms with Crippen LogP contribution in [-0.4, -0.2) is 0 Å². The van der Waals surface area contributed by atoms with Crippen LogP contribution in [0.1, 0.15) is 0 Å². The molecule has 59 heavy (non-hydrogen) atoms. The third kappa shape index (κ3) is 6.21. The Morgan fingerprint density at radius 2 is 0.678 bits per heavy atom. The molecule has 0 radical (unpaired) electrons. The molecule has 0 N–H and O–H groups in total. The second-order valence-corrected chi connectivity index (χ2v) is 15.3. The fourth-order valence-corrected chi connectivity index (χ4v) is 8.97. The molecule has 0 saturated heterocycles. The highest BCUT2D eigenvalue weighted by Gasteiger charge is 2.19. The van der Waals surface area contributed by atoms with E-state index < -0.39 is 0 Å². The van der Waals surface area contributed by atoms with Crippen molar-refractivity contribution in [2.75, 3.05) is 4.90 Å². The van der Waals surface area contributed by atoms with Gasteiger partial charge >= 0.3 is 0 Å². The zero-order valence-corrected chi connectivity index (χ0v) is 32.5. The topological polar surface area (TPSA) is 3.24 Å². The number of hydrogen-bond acceptors (Lipinski definition) is 1. The van der Waals surface area contributed by atoms with Gasteiger partial charge in [-0.15, -0.1) is 0 Å². The highest BCUT2D eigenvalue weighted by molar-refractivity contribution is 6.21. The molecule has 11 aromatic rings. The van der Waals surface area contributed by atoms with Gasteiger partial charge in [-0.05, 0) is 118 Å². The van der Waals surface area contributed by atoms with Crippen LogP contribution < -0.4 is 4.90 Å². The maximum atomic E-state index is 2.41. The van der Waals surface area contributed by atoms with Gasteiger partial charge < -0.3 is 4.90 Å². The van der Waals surface area contributed by atoms with Crippen molar-refractivity contribution < 1.29 is 0 Å². The molecule has 0 aliphatic rings. The van der Waals surface area contributed by atoms with Crippen LogP contribution >= 0.6 is 0 Å². The second-order valence-electron chi connectivity index (χ2n) is 15.3. The van der Waals surface area contributed by atoms with E-state index in [2.05, 4.69) is 241 Å². The Morgan fingerprint density at radius 3 is 1.41 bits per heavy atom. The standard InChI is InChI=1S/C58H39N/c1-2-13-40(14-3-1)41-25-27-45(28-26-41)52-20-10-11-24-58(52)59(47-34-29-44(30-35-47)50-23-12-17-42-15-4-6-18-49(42)50)48-36-31-46(32-37-48)56-39-57-51-19-7-5-16-43(51)33-38-55(57)53-21-8-9-22-54(53)56/h1-39H. The highest BCUT2D eigenvalue weighted by atomic mass is 15.1. The highest BCUT2D eigenvalue weighted by Crippen LogP contribution is 2.44. The minimum absolute atomic E-state index is 1.09. The average Bonchev–Trinajstić information content (AvgIpc) is 3.32. The van der Waals surface area contributed by atoms with Gasteiger partial charge in [-0.25, -0.2) is 0 Å². The van der Waals surface area contributed by atoms with Crippen molar-refractivity contribution >= 4 is 60.2 Å². The molecule has 0 saturated carbocycles. The van der Waals surface area contributed by atoms with Gasteiger partial charge in [-0.3, -0.25) is 0 Å². The summed E-state index contributed by atoms with van der Waals surface area (Å²) in [5.74, 6) is 0. The Labute approximate surface area is 344 Å². The van der Waals surface area contributed by atoms with E-state index in [1.165, 1.54) is 87.6 Å². The molecular weight excluding hydrogens is 711 g/mol. The fourth-order valence-electron chi connectivity index (χ4n) is 8.97. The van der Waals surface area contributed by atoms with E-state index in [1.54, 1.807) is 0 Å². The predicted octanol–water partition coefficient (Wildman–Crippen LogP) is 16.4. The van der Waals surface area contributed by atoms with Crippen LogP contribution in [0.2, 0.25) is 0 Å². The van der Waals surface area contributed by atoms with Crippen LogP contribution in [0.5, 0.6) is 0 Å². The van der Waals surface area contributed by atoms with Crippen molar-refractivity contribution in [2.45, 2.75) is 0 Å². The number of fused-ring (bicyclic) bond motifs is 6. The lowest BCUT2D eigenvalue weighted by atomic mass is 9.91. The van der Waals surface area contributed by atoms with E-state index in [9.17, 15) is 0 Å². The summed E-state index contributed by atoms with van der Waals surface area (Å²) in [6.45, 7) is 0. The number of benzene rings is 11. The molecule has 0 aliphatic carbocycles. The largest absolute Gasteiger partial charge is 0.310 e. The first-order valence-electron chi connectivity index (χ1n) is 20.3. The maximum absolute atomic E-state index is 2.41.